The predicted octanol–water partition coefficient (Wildman–Crippen LogP) is 18.0. The molecule has 0 saturated heterocycles. The van der Waals surface area contributed by atoms with Crippen molar-refractivity contribution in [3.8, 4) is 108 Å². The quantitative estimate of drug-likeness (QED) is 0.125. The average molecular weight is 1070 g/mol. The summed E-state index contributed by atoms with van der Waals surface area (Å²) in [5, 5.41) is 14.1. The van der Waals surface area contributed by atoms with Gasteiger partial charge in [0.05, 0.1) is 40.3 Å². The van der Waals surface area contributed by atoms with Crippen LogP contribution in [0.25, 0.3) is 150 Å². The van der Waals surface area contributed by atoms with Crippen molar-refractivity contribution in [1.29, 1.82) is 5.26 Å². The second-order valence-corrected chi connectivity index (χ2v) is 20.6. The minimum Gasteiger partial charge on any atom is -0.309 e. The molecule has 0 amide bonds. The van der Waals surface area contributed by atoms with Crippen LogP contribution in [0.2, 0.25) is 0 Å². The lowest BCUT2D eigenvalue weighted by Gasteiger charge is -2.16. The highest BCUT2D eigenvalue weighted by Crippen LogP contribution is 2.41. The van der Waals surface area contributed by atoms with Crippen LogP contribution in [0.15, 0.2) is 267 Å². The Balaban J connectivity index is 0.969. The Labute approximate surface area is 483 Å². The van der Waals surface area contributed by atoms with Crippen LogP contribution in [0, 0.1) is 17.9 Å². The summed E-state index contributed by atoms with van der Waals surface area (Å²) in [4.78, 5) is 34.9. The topological polar surface area (TPSA) is 115 Å². The Morgan fingerprint density at radius 2 is 0.619 bits per heavy atom. The number of nitrogens with zero attached hydrogens (tertiary/aromatic N) is 10. The number of fused-ring (bicyclic) bond motifs is 6. The van der Waals surface area contributed by atoms with Gasteiger partial charge in [0.2, 0.25) is 0 Å². The first kappa shape index (κ1) is 49.1. The summed E-state index contributed by atoms with van der Waals surface area (Å²) < 4.78 is 4.54. The largest absolute Gasteiger partial charge is 0.309 e. The SMILES string of the molecule is [C-]#[N+]c1ccc2c(c1)c1ccccc1n2-c1cc(-c2cccc(-c3cc(-c4nc(-c5ccccc5)nc(-c5ccccc5)n4)cc(-n4c5ccccc5c5cc(C#N)ccc54)c3)c2)cc(-c2nc(-c3ccccc3)nc(-c3ccccc3)n2)c1. The third-order valence-corrected chi connectivity index (χ3v) is 15.4. The van der Waals surface area contributed by atoms with Crippen LogP contribution in [0.4, 0.5) is 5.69 Å². The number of benzene rings is 11. The van der Waals surface area contributed by atoms with Crippen molar-refractivity contribution < 1.29 is 0 Å². The van der Waals surface area contributed by atoms with Crippen LogP contribution in [-0.2, 0) is 0 Å². The Kier molecular flexibility index (Phi) is 12.0. The minimum absolute atomic E-state index is 0.517. The zero-order chi connectivity index (χ0) is 56.1. The third-order valence-electron chi connectivity index (χ3n) is 15.4. The Morgan fingerprint density at radius 1 is 0.286 bits per heavy atom. The summed E-state index contributed by atoms with van der Waals surface area (Å²) in [6, 6.07) is 92.7. The smallest absolute Gasteiger partial charge is 0.188 e. The van der Waals surface area contributed by atoms with Gasteiger partial charge in [0.1, 0.15) is 0 Å². The van der Waals surface area contributed by atoms with Gasteiger partial charge < -0.3 is 9.13 Å². The molecular formula is C74H44N10. The van der Waals surface area contributed by atoms with Gasteiger partial charge in [-0.15, -0.1) is 0 Å². The van der Waals surface area contributed by atoms with E-state index >= 15 is 0 Å². The molecule has 84 heavy (non-hydrogen) atoms. The molecule has 10 heteroatoms. The van der Waals surface area contributed by atoms with E-state index in [0.29, 0.717) is 46.2 Å². The Morgan fingerprint density at radius 3 is 1.04 bits per heavy atom. The number of nitriles is 1. The van der Waals surface area contributed by atoms with E-state index < -0.39 is 0 Å². The molecule has 0 fully saturated rings. The van der Waals surface area contributed by atoms with Gasteiger partial charge in [-0.25, -0.2) is 34.7 Å². The first-order chi connectivity index (χ1) is 41.5. The van der Waals surface area contributed by atoms with Crippen molar-refractivity contribution in [3.05, 3.63) is 284 Å². The predicted molar refractivity (Wildman–Crippen MR) is 336 cm³/mol. The van der Waals surface area contributed by atoms with E-state index in [4.69, 9.17) is 36.5 Å². The van der Waals surface area contributed by atoms with Crippen molar-refractivity contribution in [3.63, 3.8) is 0 Å². The molecule has 11 aromatic carbocycles. The zero-order valence-electron chi connectivity index (χ0n) is 44.9. The number of rotatable bonds is 10. The normalized spacial score (nSPS) is 11.3. The van der Waals surface area contributed by atoms with Crippen molar-refractivity contribution in [1.82, 2.24) is 39.0 Å². The summed E-state index contributed by atoms with van der Waals surface area (Å²) in [6.07, 6.45) is 0. The molecule has 15 rings (SSSR count). The van der Waals surface area contributed by atoms with E-state index in [1.807, 2.05) is 170 Å². The highest BCUT2D eigenvalue weighted by molar-refractivity contribution is 6.11. The number of hydrogen-bond donors (Lipinski definition) is 0. The van der Waals surface area contributed by atoms with E-state index in [1.54, 1.807) is 0 Å². The molecule has 10 nitrogen and oxygen atoms in total. The molecule has 4 aromatic heterocycles. The lowest BCUT2D eigenvalue weighted by molar-refractivity contribution is 1.07. The molecule has 0 aliphatic rings. The van der Waals surface area contributed by atoms with Gasteiger partial charge in [0, 0.05) is 60.9 Å². The molecule has 0 unspecified atom stereocenters. The molecule has 390 valence electrons. The van der Waals surface area contributed by atoms with Crippen LogP contribution in [0.1, 0.15) is 5.56 Å². The van der Waals surface area contributed by atoms with Gasteiger partial charge in [-0.05, 0) is 113 Å². The standard InChI is InChI=1S/C74H44N10/c1-76-58-34-36-68-64(45-58)62-30-15-17-32-66(62)84(68)60-42-55(40-57(44-60)74-81-71(50-23-10-4-11-24-50)78-72(82-74)51-25-12-5-13-26-51)53-28-18-27-52(38-53)54-39-56(73-79-69(48-19-6-2-7-20-48)77-70(80-73)49-21-8-3-9-22-49)43-59(41-54)83-65-31-16-14-29-61(65)63-37-47(46-75)33-35-67(63)83/h2-45H. The second-order valence-electron chi connectivity index (χ2n) is 20.6. The monoisotopic (exact) mass is 1070 g/mol. The van der Waals surface area contributed by atoms with E-state index in [9.17, 15) is 5.26 Å². The van der Waals surface area contributed by atoms with Gasteiger partial charge in [0.15, 0.2) is 40.6 Å². The maximum Gasteiger partial charge on any atom is 0.188 e. The van der Waals surface area contributed by atoms with Gasteiger partial charge >= 0.3 is 0 Å². The van der Waals surface area contributed by atoms with Crippen LogP contribution >= 0.6 is 0 Å². The van der Waals surface area contributed by atoms with Gasteiger partial charge in [0.25, 0.3) is 0 Å². The molecule has 0 N–H and O–H groups in total. The fourth-order valence-electron chi connectivity index (χ4n) is 11.5. The maximum absolute atomic E-state index is 10.1. The van der Waals surface area contributed by atoms with Gasteiger partial charge in [-0.1, -0.05) is 182 Å². The molecule has 0 spiro atoms. The highest BCUT2D eigenvalue weighted by Gasteiger charge is 2.21. The van der Waals surface area contributed by atoms with Crippen molar-refractivity contribution in [2.75, 3.05) is 0 Å². The van der Waals surface area contributed by atoms with Crippen LogP contribution in [0.5, 0.6) is 0 Å². The lowest BCUT2D eigenvalue weighted by atomic mass is 9.95. The van der Waals surface area contributed by atoms with Crippen molar-refractivity contribution in [2.45, 2.75) is 0 Å². The third kappa shape index (κ3) is 8.86. The summed E-state index contributed by atoms with van der Waals surface area (Å²) in [5.41, 5.74) is 15.7. The lowest BCUT2D eigenvalue weighted by Crippen LogP contribution is -2.02. The Hall–Kier alpha value is -12.0. The summed E-state index contributed by atoms with van der Waals surface area (Å²) in [5.74, 6) is 3.28. The Bertz CT molecular complexity index is 4720. The van der Waals surface area contributed by atoms with Crippen LogP contribution in [-0.4, -0.2) is 39.0 Å². The van der Waals surface area contributed by atoms with Crippen LogP contribution in [0.3, 0.4) is 0 Å². The molecular weight excluding hydrogens is 1030 g/mol. The fraction of sp³-hybridized carbons (Fsp3) is 0. The van der Waals surface area contributed by atoms with E-state index in [0.717, 1.165) is 111 Å². The number of para-hydroxylation sites is 2. The summed E-state index contributed by atoms with van der Waals surface area (Å²) in [6.45, 7) is 7.93. The summed E-state index contributed by atoms with van der Waals surface area (Å²) in [7, 11) is 0. The fourth-order valence-corrected chi connectivity index (χ4v) is 11.5. The molecule has 0 aliphatic carbocycles. The number of aromatic nitrogens is 8. The van der Waals surface area contributed by atoms with Crippen molar-refractivity contribution >= 4 is 49.3 Å². The first-order valence-electron chi connectivity index (χ1n) is 27.5. The molecule has 0 bridgehead atoms. The first-order valence-corrected chi connectivity index (χ1v) is 27.5. The minimum atomic E-state index is 0.517. The maximum atomic E-state index is 10.1. The van der Waals surface area contributed by atoms with E-state index in [1.165, 1.54) is 0 Å². The van der Waals surface area contributed by atoms with E-state index in [2.05, 4.69) is 117 Å². The molecule has 0 atom stereocenters. The van der Waals surface area contributed by atoms with Crippen molar-refractivity contribution in [2.24, 2.45) is 0 Å². The molecule has 0 saturated carbocycles. The van der Waals surface area contributed by atoms with E-state index in [-0.39, 0.29) is 0 Å². The van der Waals surface area contributed by atoms with Gasteiger partial charge in [-0.3, -0.25) is 0 Å². The van der Waals surface area contributed by atoms with Crippen LogP contribution < -0.4 is 0 Å². The molecule has 4 heterocycles. The highest BCUT2D eigenvalue weighted by atomic mass is 15.1. The summed E-state index contributed by atoms with van der Waals surface area (Å²) >= 11 is 0. The second kappa shape index (κ2) is 20.6. The molecule has 0 radical (unpaired) electrons. The average Bonchev–Trinajstić information content (AvgIpc) is 3.94. The zero-order valence-corrected chi connectivity index (χ0v) is 44.9. The molecule has 0 aliphatic heterocycles. The molecule has 15 aromatic rings. The number of hydrogen-bond acceptors (Lipinski definition) is 7. The van der Waals surface area contributed by atoms with Gasteiger partial charge in [-0.2, -0.15) is 5.26 Å².